The molecule has 0 aromatic heterocycles. The summed E-state index contributed by atoms with van der Waals surface area (Å²) < 4.78 is 10.9. The minimum absolute atomic E-state index is 0.142. The van der Waals surface area contributed by atoms with Gasteiger partial charge in [-0.2, -0.15) is 0 Å². The number of ether oxygens (including phenoxy) is 2. The highest BCUT2D eigenvalue weighted by molar-refractivity contribution is 4.89. The highest BCUT2D eigenvalue weighted by Gasteiger charge is 2.40. The molecule has 3 N–H and O–H groups in total. The lowest BCUT2D eigenvalue weighted by molar-refractivity contribution is -0.0935. The van der Waals surface area contributed by atoms with Crippen molar-refractivity contribution in [2.75, 3.05) is 19.8 Å². The Morgan fingerprint density at radius 2 is 2.00 bits per heavy atom. The van der Waals surface area contributed by atoms with Gasteiger partial charge >= 0.3 is 0 Å². The molecule has 0 amide bonds. The van der Waals surface area contributed by atoms with Crippen LogP contribution >= 0.6 is 0 Å². The van der Waals surface area contributed by atoms with Crippen molar-refractivity contribution in [3.8, 4) is 0 Å². The van der Waals surface area contributed by atoms with Crippen molar-refractivity contribution in [2.24, 2.45) is 0 Å². The molecule has 1 fully saturated rings. The Morgan fingerprint density at radius 1 is 1.30 bits per heavy atom. The second kappa shape index (κ2) is 10.3. The van der Waals surface area contributed by atoms with Crippen LogP contribution in [0.2, 0.25) is 0 Å². The number of aliphatic hydroxyl groups is 3. The molecule has 1 saturated heterocycles. The average molecular weight is 288 g/mol. The highest BCUT2D eigenvalue weighted by atomic mass is 16.6. The normalized spacial score (nSPS) is 28.3. The average Bonchev–Trinajstić information content (AvgIpc) is 2.82. The lowest BCUT2D eigenvalue weighted by Crippen LogP contribution is -2.42. The minimum atomic E-state index is -1.01. The molecule has 0 saturated carbocycles. The largest absolute Gasteiger partial charge is 0.394 e. The van der Waals surface area contributed by atoms with Crippen LogP contribution in [0, 0.1) is 0 Å². The van der Waals surface area contributed by atoms with Crippen molar-refractivity contribution in [3.05, 3.63) is 12.2 Å². The summed E-state index contributed by atoms with van der Waals surface area (Å²) in [6.07, 6.45) is 6.77. The topological polar surface area (TPSA) is 79.2 Å². The molecule has 4 atom stereocenters. The monoisotopic (exact) mass is 288 g/mol. The van der Waals surface area contributed by atoms with Gasteiger partial charge in [0.15, 0.2) is 0 Å². The molecule has 0 aromatic carbocycles. The first-order valence-corrected chi connectivity index (χ1v) is 7.55. The molecular formula is C15H28O5. The van der Waals surface area contributed by atoms with E-state index < -0.39 is 31.0 Å². The third-order valence-corrected chi connectivity index (χ3v) is 3.45. The molecule has 20 heavy (non-hydrogen) atoms. The lowest BCUT2D eigenvalue weighted by atomic mass is 10.1. The van der Waals surface area contributed by atoms with Crippen molar-refractivity contribution in [3.63, 3.8) is 0 Å². The van der Waals surface area contributed by atoms with Gasteiger partial charge in [-0.1, -0.05) is 31.9 Å². The predicted octanol–water partition coefficient (Wildman–Crippen LogP) is 1.01. The molecular weight excluding hydrogens is 260 g/mol. The van der Waals surface area contributed by atoms with Gasteiger partial charge in [0, 0.05) is 6.61 Å². The summed E-state index contributed by atoms with van der Waals surface area (Å²) in [6, 6.07) is 0. The van der Waals surface area contributed by atoms with Crippen molar-refractivity contribution in [1.29, 1.82) is 0 Å². The van der Waals surface area contributed by atoms with Gasteiger partial charge < -0.3 is 24.8 Å². The van der Waals surface area contributed by atoms with E-state index in [0.29, 0.717) is 6.61 Å². The molecule has 5 heteroatoms. The maximum atomic E-state index is 9.75. The zero-order chi connectivity index (χ0) is 14.8. The first kappa shape index (κ1) is 17.6. The van der Waals surface area contributed by atoms with Crippen LogP contribution in [0.3, 0.4) is 0 Å². The van der Waals surface area contributed by atoms with Crippen molar-refractivity contribution >= 4 is 0 Å². The van der Waals surface area contributed by atoms with Crippen LogP contribution in [0.25, 0.3) is 0 Å². The maximum Gasteiger partial charge on any atom is 0.114 e. The molecule has 0 unspecified atom stereocenters. The van der Waals surface area contributed by atoms with Gasteiger partial charge in [-0.3, -0.25) is 0 Å². The smallest absolute Gasteiger partial charge is 0.114 e. The second-order valence-electron chi connectivity index (χ2n) is 5.21. The van der Waals surface area contributed by atoms with E-state index >= 15 is 0 Å². The summed E-state index contributed by atoms with van der Waals surface area (Å²) in [5, 5.41) is 28.3. The van der Waals surface area contributed by atoms with Gasteiger partial charge in [-0.05, 0) is 19.3 Å². The summed E-state index contributed by atoms with van der Waals surface area (Å²) in [5.41, 5.74) is 0. The van der Waals surface area contributed by atoms with E-state index in [1.807, 2.05) is 0 Å². The van der Waals surface area contributed by atoms with Crippen molar-refractivity contribution in [1.82, 2.24) is 0 Å². The highest BCUT2D eigenvalue weighted by Crippen LogP contribution is 2.21. The zero-order valence-corrected chi connectivity index (χ0v) is 12.3. The number of hydrogen-bond acceptors (Lipinski definition) is 5. The van der Waals surface area contributed by atoms with Crippen LogP contribution in [0.15, 0.2) is 12.2 Å². The molecule has 0 bridgehead atoms. The second-order valence-corrected chi connectivity index (χ2v) is 5.21. The van der Waals surface area contributed by atoms with Crippen LogP contribution in [-0.4, -0.2) is 59.6 Å². The summed E-state index contributed by atoms with van der Waals surface area (Å²) >= 11 is 0. The van der Waals surface area contributed by atoms with Crippen LogP contribution in [0.4, 0.5) is 0 Å². The SMILES string of the molecule is CCCC/C=C/CCCO[C@@H]1[C@H]([C@H](O)CO)OC[C@@H]1O. The fourth-order valence-electron chi connectivity index (χ4n) is 2.24. The van der Waals surface area contributed by atoms with Gasteiger partial charge in [-0.15, -0.1) is 0 Å². The van der Waals surface area contributed by atoms with Gasteiger partial charge in [-0.25, -0.2) is 0 Å². The summed E-state index contributed by atoms with van der Waals surface area (Å²) in [6.45, 7) is 2.44. The van der Waals surface area contributed by atoms with E-state index in [1.54, 1.807) is 0 Å². The number of rotatable bonds is 10. The van der Waals surface area contributed by atoms with Crippen molar-refractivity contribution < 1.29 is 24.8 Å². The number of unbranched alkanes of at least 4 members (excludes halogenated alkanes) is 3. The van der Waals surface area contributed by atoms with Gasteiger partial charge in [0.05, 0.1) is 13.2 Å². The van der Waals surface area contributed by atoms with Crippen molar-refractivity contribution in [2.45, 2.75) is 63.4 Å². The van der Waals surface area contributed by atoms with Gasteiger partial charge in [0.2, 0.25) is 0 Å². The Kier molecular flexibility index (Phi) is 9.05. The molecule has 5 nitrogen and oxygen atoms in total. The standard InChI is InChI=1S/C15H28O5/c1-2-3-4-5-6-7-8-9-19-15-13(18)11-20-14(15)12(17)10-16/h5-6,12-18H,2-4,7-11H2,1H3/b6-5+/t12-,13+,14+,15+/m1/s1. The van der Waals surface area contributed by atoms with Crippen LogP contribution in [0.1, 0.15) is 39.0 Å². The van der Waals surface area contributed by atoms with Crippen LogP contribution in [-0.2, 0) is 9.47 Å². The number of allylic oxidation sites excluding steroid dienone is 2. The van der Waals surface area contributed by atoms with Crippen LogP contribution in [0.5, 0.6) is 0 Å². The van der Waals surface area contributed by atoms with E-state index in [0.717, 1.165) is 19.3 Å². The molecule has 1 aliphatic rings. The molecule has 1 heterocycles. The molecule has 0 aliphatic carbocycles. The molecule has 1 aliphatic heterocycles. The maximum absolute atomic E-state index is 9.75. The Hall–Kier alpha value is -0.460. The molecule has 0 spiro atoms. The Balaban J connectivity index is 2.17. The fraction of sp³-hybridized carbons (Fsp3) is 0.867. The fourth-order valence-corrected chi connectivity index (χ4v) is 2.24. The number of hydrogen-bond donors (Lipinski definition) is 3. The lowest BCUT2D eigenvalue weighted by Gasteiger charge is -2.23. The quantitative estimate of drug-likeness (QED) is 0.413. The minimum Gasteiger partial charge on any atom is -0.394 e. The van der Waals surface area contributed by atoms with E-state index in [9.17, 15) is 10.2 Å². The number of aliphatic hydroxyl groups excluding tert-OH is 3. The molecule has 0 radical (unpaired) electrons. The Morgan fingerprint density at radius 3 is 2.65 bits per heavy atom. The predicted molar refractivity (Wildman–Crippen MR) is 76.5 cm³/mol. The van der Waals surface area contributed by atoms with E-state index in [-0.39, 0.29) is 6.61 Å². The molecule has 118 valence electrons. The van der Waals surface area contributed by atoms with Crippen LogP contribution < -0.4 is 0 Å². The first-order valence-electron chi connectivity index (χ1n) is 7.55. The third-order valence-electron chi connectivity index (χ3n) is 3.45. The van der Waals surface area contributed by atoms with E-state index in [2.05, 4.69) is 19.1 Å². The van der Waals surface area contributed by atoms with E-state index in [4.69, 9.17) is 14.6 Å². The van der Waals surface area contributed by atoms with Gasteiger partial charge in [0.1, 0.15) is 24.4 Å². The Labute approximate surface area is 121 Å². The van der Waals surface area contributed by atoms with Gasteiger partial charge in [0.25, 0.3) is 0 Å². The zero-order valence-electron chi connectivity index (χ0n) is 12.3. The summed E-state index contributed by atoms with van der Waals surface area (Å²) in [4.78, 5) is 0. The van der Waals surface area contributed by atoms with E-state index in [1.165, 1.54) is 12.8 Å². The Bertz CT molecular complexity index is 269. The molecule has 0 aromatic rings. The summed E-state index contributed by atoms with van der Waals surface area (Å²) in [7, 11) is 0. The first-order chi connectivity index (χ1) is 9.70. The summed E-state index contributed by atoms with van der Waals surface area (Å²) in [5.74, 6) is 0. The molecule has 1 rings (SSSR count). The third kappa shape index (κ3) is 5.89.